The summed E-state index contributed by atoms with van der Waals surface area (Å²) in [6.07, 6.45) is 0.768. The van der Waals surface area contributed by atoms with E-state index in [0.717, 1.165) is 17.5 Å². The van der Waals surface area contributed by atoms with Crippen LogP contribution in [0.2, 0.25) is 5.02 Å². The van der Waals surface area contributed by atoms with Gasteiger partial charge in [-0.2, -0.15) is 0 Å². The highest BCUT2D eigenvalue weighted by Gasteiger charge is 2.14. The van der Waals surface area contributed by atoms with Gasteiger partial charge in [0.25, 0.3) is 0 Å². The van der Waals surface area contributed by atoms with Gasteiger partial charge >= 0.3 is 0 Å². The maximum Gasteiger partial charge on any atom is 0.240 e. The summed E-state index contributed by atoms with van der Waals surface area (Å²) >= 11 is 5.79. The van der Waals surface area contributed by atoms with Crippen LogP contribution in [0.3, 0.4) is 0 Å². The third-order valence-electron chi connectivity index (χ3n) is 3.19. The van der Waals surface area contributed by atoms with Gasteiger partial charge in [0, 0.05) is 17.3 Å². The number of nitrogens with two attached hydrogens (primary N) is 1. The van der Waals surface area contributed by atoms with Crippen molar-refractivity contribution in [1.82, 2.24) is 4.72 Å². The lowest BCUT2D eigenvalue weighted by Gasteiger charge is -2.09. The average Bonchev–Trinajstić information content (AvgIpc) is 2.46. The van der Waals surface area contributed by atoms with E-state index in [1.165, 1.54) is 6.07 Å². The summed E-state index contributed by atoms with van der Waals surface area (Å²) in [7, 11) is -3.58. The lowest BCUT2D eigenvalue weighted by molar-refractivity contribution is 0.581. The summed E-state index contributed by atoms with van der Waals surface area (Å²) in [5.74, 6) is 0. The van der Waals surface area contributed by atoms with Gasteiger partial charge in [-0.15, -0.1) is 0 Å². The van der Waals surface area contributed by atoms with Crippen molar-refractivity contribution in [2.45, 2.75) is 24.8 Å². The quantitative estimate of drug-likeness (QED) is 0.830. The smallest absolute Gasteiger partial charge is 0.240 e. The van der Waals surface area contributed by atoms with E-state index in [9.17, 15) is 8.42 Å². The van der Waals surface area contributed by atoms with Crippen molar-refractivity contribution in [2.24, 2.45) is 0 Å². The van der Waals surface area contributed by atoms with E-state index < -0.39 is 10.0 Å². The minimum Gasteiger partial charge on any atom is -0.398 e. The minimum atomic E-state index is -3.58. The highest BCUT2D eigenvalue weighted by atomic mass is 35.5. The first-order valence-corrected chi connectivity index (χ1v) is 8.41. The van der Waals surface area contributed by atoms with E-state index in [-0.39, 0.29) is 11.4 Å². The lowest BCUT2D eigenvalue weighted by Crippen LogP contribution is -2.23. The average molecular weight is 325 g/mol. The standard InChI is InChI=1S/C15H17ClN2O2S/c1-2-12-5-8-14(9-15(12)17)21(19,20)18-10-11-3-6-13(16)7-4-11/h3-9,18H,2,10,17H2,1H3. The molecule has 0 aliphatic heterocycles. The second kappa shape index (κ2) is 6.47. The second-order valence-electron chi connectivity index (χ2n) is 4.67. The van der Waals surface area contributed by atoms with Crippen LogP contribution >= 0.6 is 11.6 Å². The van der Waals surface area contributed by atoms with E-state index in [2.05, 4.69) is 4.72 Å². The number of halogens is 1. The molecule has 0 heterocycles. The van der Waals surface area contributed by atoms with Crippen LogP contribution in [-0.4, -0.2) is 8.42 Å². The van der Waals surface area contributed by atoms with Crippen LogP contribution in [0.15, 0.2) is 47.4 Å². The molecule has 0 spiro atoms. The number of aryl methyl sites for hydroxylation is 1. The summed E-state index contributed by atoms with van der Waals surface area (Å²) < 4.78 is 27.0. The topological polar surface area (TPSA) is 72.2 Å². The van der Waals surface area contributed by atoms with Crippen LogP contribution < -0.4 is 10.5 Å². The Balaban J connectivity index is 2.14. The maximum absolute atomic E-state index is 12.2. The van der Waals surface area contributed by atoms with Gasteiger partial charge in [0.05, 0.1) is 4.90 Å². The molecular weight excluding hydrogens is 308 g/mol. The fourth-order valence-electron chi connectivity index (χ4n) is 1.93. The van der Waals surface area contributed by atoms with E-state index in [0.29, 0.717) is 10.7 Å². The van der Waals surface area contributed by atoms with Crippen LogP contribution in [0, 0.1) is 0 Å². The second-order valence-corrected chi connectivity index (χ2v) is 6.87. The Bertz CT molecular complexity index is 728. The molecule has 0 amide bonds. The molecule has 0 saturated carbocycles. The molecule has 0 radical (unpaired) electrons. The molecule has 2 aromatic carbocycles. The van der Waals surface area contributed by atoms with Gasteiger partial charge in [0.2, 0.25) is 10.0 Å². The molecule has 6 heteroatoms. The summed E-state index contributed by atoms with van der Waals surface area (Å²) in [5.41, 5.74) is 8.11. The Morgan fingerprint density at radius 3 is 2.38 bits per heavy atom. The van der Waals surface area contributed by atoms with E-state index in [1.54, 1.807) is 36.4 Å². The zero-order chi connectivity index (χ0) is 15.5. The number of hydrogen-bond donors (Lipinski definition) is 2. The van der Waals surface area contributed by atoms with Gasteiger partial charge in [-0.05, 0) is 41.8 Å². The Labute approximate surface area is 130 Å². The van der Waals surface area contributed by atoms with Crippen LogP contribution in [0.1, 0.15) is 18.1 Å². The van der Waals surface area contributed by atoms with Crippen LogP contribution in [0.25, 0.3) is 0 Å². The third kappa shape index (κ3) is 3.97. The molecule has 0 aliphatic carbocycles. The predicted octanol–water partition coefficient (Wildman–Crippen LogP) is 2.96. The van der Waals surface area contributed by atoms with Gasteiger partial charge in [-0.25, -0.2) is 13.1 Å². The van der Waals surface area contributed by atoms with Gasteiger partial charge in [-0.1, -0.05) is 36.7 Å². The molecule has 0 fully saturated rings. The summed E-state index contributed by atoms with van der Waals surface area (Å²) in [5, 5.41) is 0.615. The van der Waals surface area contributed by atoms with Crippen molar-refractivity contribution in [2.75, 3.05) is 5.73 Å². The highest BCUT2D eigenvalue weighted by molar-refractivity contribution is 7.89. The molecule has 0 saturated heterocycles. The molecule has 112 valence electrons. The lowest BCUT2D eigenvalue weighted by atomic mass is 10.1. The SMILES string of the molecule is CCc1ccc(S(=O)(=O)NCc2ccc(Cl)cc2)cc1N. The van der Waals surface area contributed by atoms with Crippen molar-refractivity contribution in [3.63, 3.8) is 0 Å². The fraction of sp³-hybridized carbons (Fsp3) is 0.200. The monoisotopic (exact) mass is 324 g/mol. The molecule has 3 N–H and O–H groups in total. The maximum atomic E-state index is 12.2. The van der Waals surface area contributed by atoms with Gasteiger partial charge in [0.1, 0.15) is 0 Å². The first-order valence-electron chi connectivity index (χ1n) is 6.55. The largest absolute Gasteiger partial charge is 0.398 e. The first kappa shape index (κ1) is 15.8. The van der Waals surface area contributed by atoms with Gasteiger partial charge in [0.15, 0.2) is 0 Å². The zero-order valence-electron chi connectivity index (χ0n) is 11.6. The van der Waals surface area contributed by atoms with E-state index >= 15 is 0 Å². The Morgan fingerprint density at radius 2 is 1.81 bits per heavy atom. The molecule has 0 unspecified atom stereocenters. The van der Waals surface area contributed by atoms with Crippen LogP contribution in [-0.2, 0) is 23.0 Å². The summed E-state index contributed by atoms with van der Waals surface area (Å²) in [6.45, 7) is 2.17. The number of anilines is 1. The highest BCUT2D eigenvalue weighted by Crippen LogP contribution is 2.19. The number of hydrogen-bond acceptors (Lipinski definition) is 3. The Kier molecular flexibility index (Phi) is 4.88. The van der Waals surface area contributed by atoms with Crippen molar-refractivity contribution in [3.8, 4) is 0 Å². The molecular formula is C15H17ClN2O2S. The van der Waals surface area contributed by atoms with Crippen molar-refractivity contribution in [3.05, 3.63) is 58.6 Å². The van der Waals surface area contributed by atoms with Crippen molar-refractivity contribution < 1.29 is 8.42 Å². The molecule has 21 heavy (non-hydrogen) atoms. The molecule has 0 aromatic heterocycles. The van der Waals surface area contributed by atoms with E-state index in [1.807, 2.05) is 6.92 Å². The Hall–Kier alpha value is -1.56. The predicted molar refractivity (Wildman–Crippen MR) is 85.7 cm³/mol. The van der Waals surface area contributed by atoms with Gasteiger partial charge in [-0.3, -0.25) is 0 Å². The molecule has 0 aliphatic rings. The third-order valence-corrected chi connectivity index (χ3v) is 4.84. The number of sulfonamides is 1. The van der Waals surface area contributed by atoms with E-state index in [4.69, 9.17) is 17.3 Å². The van der Waals surface area contributed by atoms with Crippen molar-refractivity contribution >= 4 is 27.3 Å². The summed E-state index contributed by atoms with van der Waals surface area (Å²) in [4.78, 5) is 0.172. The number of benzene rings is 2. The van der Waals surface area contributed by atoms with Crippen molar-refractivity contribution in [1.29, 1.82) is 0 Å². The minimum absolute atomic E-state index is 0.172. The Morgan fingerprint density at radius 1 is 1.14 bits per heavy atom. The zero-order valence-corrected chi connectivity index (χ0v) is 13.2. The number of nitrogen functional groups attached to an aromatic ring is 1. The first-order chi connectivity index (χ1) is 9.92. The molecule has 2 rings (SSSR count). The number of rotatable bonds is 5. The molecule has 2 aromatic rings. The van der Waals surface area contributed by atoms with Gasteiger partial charge < -0.3 is 5.73 Å². The van der Waals surface area contributed by atoms with Crippen LogP contribution in [0.5, 0.6) is 0 Å². The molecule has 4 nitrogen and oxygen atoms in total. The fourth-order valence-corrected chi connectivity index (χ4v) is 3.10. The molecule has 0 atom stereocenters. The normalized spacial score (nSPS) is 11.5. The number of nitrogens with one attached hydrogen (secondary N) is 1. The summed E-state index contributed by atoms with van der Waals surface area (Å²) in [6, 6.07) is 11.8. The van der Waals surface area contributed by atoms with Crippen LogP contribution in [0.4, 0.5) is 5.69 Å². The molecule has 0 bridgehead atoms.